The van der Waals surface area contributed by atoms with E-state index in [0.29, 0.717) is 17.6 Å². The van der Waals surface area contributed by atoms with Gasteiger partial charge in [-0.05, 0) is 17.7 Å². The number of carbonyl (C=O) groups excluding carboxylic acids is 1. The molecule has 0 radical (unpaired) electrons. The van der Waals surface area contributed by atoms with Crippen LogP contribution >= 0.6 is 11.3 Å². The molecular formula is C14H20N6OS. The van der Waals surface area contributed by atoms with Crippen LogP contribution in [0.15, 0.2) is 18.3 Å². The average Bonchev–Trinajstić information content (AvgIpc) is 2.94. The highest BCUT2D eigenvalue weighted by molar-refractivity contribution is 7.15. The van der Waals surface area contributed by atoms with Crippen LogP contribution in [-0.2, 0) is 6.54 Å². The van der Waals surface area contributed by atoms with Crippen molar-refractivity contribution in [3.8, 4) is 0 Å². The summed E-state index contributed by atoms with van der Waals surface area (Å²) < 4.78 is 0. The van der Waals surface area contributed by atoms with E-state index in [9.17, 15) is 4.79 Å². The first-order valence-corrected chi connectivity index (χ1v) is 7.78. The number of amides is 2. The predicted octanol–water partition coefficient (Wildman–Crippen LogP) is 2.44. The molecule has 2 N–H and O–H groups in total. The summed E-state index contributed by atoms with van der Waals surface area (Å²) in [6, 6.07) is 3.51. The van der Waals surface area contributed by atoms with Gasteiger partial charge in [-0.3, -0.25) is 5.32 Å². The van der Waals surface area contributed by atoms with Crippen molar-refractivity contribution in [1.82, 2.24) is 20.5 Å². The third kappa shape index (κ3) is 4.39. The summed E-state index contributed by atoms with van der Waals surface area (Å²) in [5, 5.41) is 14.9. The molecular weight excluding hydrogens is 300 g/mol. The van der Waals surface area contributed by atoms with Crippen molar-refractivity contribution in [2.75, 3.05) is 24.3 Å². The summed E-state index contributed by atoms with van der Waals surface area (Å²) in [6.45, 7) is 4.50. The van der Waals surface area contributed by atoms with Gasteiger partial charge in [-0.1, -0.05) is 25.2 Å². The molecule has 0 atom stereocenters. The minimum absolute atomic E-state index is 0.297. The lowest BCUT2D eigenvalue weighted by atomic mass is 10.2. The Morgan fingerprint density at radius 1 is 1.36 bits per heavy atom. The fraction of sp³-hybridized carbons (Fsp3) is 0.429. The number of rotatable bonds is 5. The van der Waals surface area contributed by atoms with Crippen LogP contribution in [0, 0.1) is 0 Å². The van der Waals surface area contributed by atoms with Crippen molar-refractivity contribution in [2.24, 2.45) is 0 Å². The second kappa shape index (κ2) is 7.17. The van der Waals surface area contributed by atoms with Crippen molar-refractivity contribution in [1.29, 1.82) is 0 Å². The van der Waals surface area contributed by atoms with Crippen LogP contribution in [0.1, 0.15) is 30.3 Å². The van der Waals surface area contributed by atoms with Crippen LogP contribution in [0.2, 0.25) is 0 Å². The molecule has 8 heteroatoms. The number of anilines is 2. The molecule has 2 rings (SSSR count). The zero-order valence-electron chi connectivity index (χ0n) is 13.1. The van der Waals surface area contributed by atoms with Crippen molar-refractivity contribution < 1.29 is 4.79 Å². The Balaban J connectivity index is 1.88. The Labute approximate surface area is 133 Å². The number of carbonyl (C=O) groups is 1. The highest BCUT2D eigenvalue weighted by atomic mass is 32.1. The first-order chi connectivity index (χ1) is 10.5. The van der Waals surface area contributed by atoms with Gasteiger partial charge in [0.1, 0.15) is 10.8 Å². The van der Waals surface area contributed by atoms with Crippen LogP contribution in [-0.4, -0.2) is 35.3 Å². The molecule has 0 aliphatic carbocycles. The maximum atomic E-state index is 11.9. The van der Waals surface area contributed by atoms with E-state index in [2.05, 4.69) is 25.8 Å². The van der Waals surface area contributed by atoms with Gasteiger partial charge in [0, 0.05) is 32.8 Å². The maximum Gasteiger partial charge on any atom is 0.321 e. The van der Waals surface area contributed by atoms with Crippen molar-refractivity contribution in [3.63, 3.8) is 0 Å². The third-order valence-electron chi connectivity index (χ3n) is 2.88. The molecule has 0 aromatic carbocycles. The molecule has 0 aliphatic rings. The molecule has 2 heterocycles. The Bertz CT molecular complexity index is 640. The van der Waals surface area contributed by atoms with E-state index >= 15 is 0 Å². The topological polar surface area (TPSA) is 83.0 Å². The van der Waals surface area contributed by atoms with E-state index in [-0.39, 0.29) is 6.03 Å². The quantitative estimate of drug-likeness (QED) is 0.884. The van der Waals surface area contributed by atoms with E-state index in [1.165, 1.54) is 11.3 Å². The predicted molar refractivity (Wildman–Crippen MR) is 88.4 cm³/mol. The zero-order chi connectivity index (χ0) is 16.1. The largest absolute Gasteiger partial charge is 0.363 e. The molecule has 0 fully saturated rings. The molecule has 2 aromatic rings. The first-order valence-electron chi connectivity index (χ1n) is 6.96. The van der Waals surface area contributed by atoms with Gasteiger partial charge in [0.25, 0.3) is 0 Å². The number of nitrogens with one attached hydrogen (secondary N) is 2. The molecule has 0 saturated heterocycles. The van der Waals surface area contributed by atoms with Gasteiger partial charge in [0.15, 0.2) is 0 Å². The summed E-state index contributed by atoms with van der Waals surface area (Å²) in [7, 11) is 3.85. The SMILES string of the molecule is CC(C)c1nnc(NC(=O)NCc2ccnc(N(C)C)c2)s1. The number of hydrogen-bond donors (Lipinski definition) is 2. The molecule has 2 amide bonds. The summed E-state index contributed by atoms with van der Waals surface area (Å²) in [6.07, 6.45) is 1.73. The van der Waals surface area contributed by atoms with Crippen LogP contribution in [0.25, 0.3) is 0 Å². The summed E-state index contributed by atoms with van der Waals surface area (Å²) in [4.78, 5) is 18.0. The second-order valence-electron chi connectivity index (χ2n) is 5.32. The van der Waals surface area contributed by atoms with Gasteiger partial charge in [0.05, 0.1) is 0 Å². The minimum atomic E-state index is -0.297. The number of pyridine rings is 1. The van der Waals surface area contributed by atoms with E-state index in [1.54, 1.807) is 6.20 Å². The van der Waals surface area contributed by atoms with Gasteiger partial charge in [-0.15, -0.1) is 10.2 Å². The summed E-state index contributed by atoms with van der Waals surface area (Å²) in [5.74, 6) is 1.16. The number of hydrogen-bond acceptors (Lipinski definition) is 6. The molecule has 0 bridgehead atoms. The normalized spacial score (nSPS) is 10.6. The van der Waals surface area contributed by atoms with Crippen molar-refractivity contribution in [2.45, 2.75) is 26.3 Å². The molecule has 7 nitrogen and oxygen atoms in total. The molecule has 0 unspecified atom stereocenters. The van der Waals surface area contributed by atoms with Gasteiger partial charge in [0.2, 0.25) is 5.13 Å². The highest BCUT2D eigenvalue weighted by Gasteiger charge is 2.10. The lowest BCUT2D eigenvalue weighted by molar-refractivity contribution is 0.251. The van der Waals surface area contributed by atoms with E-state index in [4.69, 9.17) is 0 Å². The molecule has 118 valence electrons. The average molecular weight is 320 g/mol. The van der Waals surface area contributed by atoms with Crippen LogP contribution < -0.4 is 15.5 Å². The first kappa shape index (κ1) is 16.2. The van der Waals surface area contributed by atoms with Gasteiger partial charge in [-0.2, -0.15) is 0 Å². The Morgan fingerprint density at radius 3 is 2.77 bits per heavy atom. The third-order valence-corrected chi connectivity index (χ3v) is 4.02. The monoisotopic (exact) mass is 320 g/mol. The van der Waals surface area contributed by atoms with E-state index in [1.807, 2.05) is 45.0 Å². The van der Waals surface area contributed by atoms with Gasteiger partial charge < -0.3 is 10.2 Å². The van der Waals surface area contributed by atoms with Crippen molar-refractivity contribution in [3.05, 3.63) is 28.9 Å². The fourth-order valence-corrected chi connectivity index (χ4v) is 2.40. The molecule has 0 saturated carbocycles. The van der Waals surface area contributed by atoms with Crippen LogP contribution in [0.3, 0.4) is 0 Å². The molecule has 0 spiro atoms. The number of aromatic nitrogens is 3. The minimum Gasteiger partial charge on any atom is -0.363 e. The maximum absolute atomic E-state index is 11.9. The standard InChI is InChI=1S/C14H20N6OS/c1-9(2)12-18-19-14(22-12)17-13(21)16-8-10-5-6-15-11(7-10)20(3)4/h5-7,9H,8H2,1-4H3,(H2,16,17,19,21). The lowest BCUT2D eigenvalue weighted by Gasteiger charge is -2.12. The number of nitrogens with zero attached hydrogens (tertiary/aromatic N) is 4. The Kier molecular flexibility index (Phi) is 5.26. The number of urea groups is 1. The van der Waals surface area contributed by atoms with Crippen LogP contribution in [0.4, 0.5) is 15.7 Å². The second-order valence-corrected chi connectivity index (χ2v) is 6.33. The highest BCUT2D eigenvalue weighted by Crippen LogP contribution is 2.22. The van der Waals surface area contributed by atoms with E-state index < -0.39 is 0 Å². The molecule has 2 aromatic heterocycles. The summed E-state index contributed by atoms with van der Waals surface area (Å²) in [5.41, 5.74) is 0.981. The fourth-order valence-electron chi connectivity index (χ4n) is 1.66. The molecule has 22 heavy (non-hydrogen) atoms. The smallest absolute Gasteiger partial charge is 0.321 e. The van der Waals surface area contributed by atoms with Crippen molar-refractivity contribution >= 4 is 28.3 Å². The van der Waals surface area contributed by atoms with Gasteiger partial charge >= 0.3 is 6.03 Å². The summed E-state index contributed by atoms with van der Waals surface area (Å²) >= 11 is 1.39. The van der Waals surface area contributed by atoms with E-state index in [0.717, 1.165) is 16.4 Å². The van der Waals surface area contributed by atoms with Gasteiger partial charge in [-0.25, -0.2) is 9.78 Å². The lowest BCUT2D eigenvalue weighted by Crippen LogP contribution is -2.28. The Hall–Kier alpha value is -2.22. The Morgan fingerprint density at radius 2 is 2.14 bits per heavy atom. The molecule has 0 aliphatic heterocycles. The zero-order valence-corrected chi connectivity index (χ0v) is 13.9. The van der Waals surface area contributed by atoms with Crippen LogP contribution in [0.5, 0.6) is 0 Å².